The van der Waals surface area contributed by atoms with E-state index >= 15 is 0 Å². The fourth-order valence-corrected chi connectivity index (χ4v) is 3.66. The van der Waals surface area contributed by atoms with Crippen LogP contribution < -0.4 is 5.32 Å². The van der Waals surface area contributed by atoms with Crippen molar-refractivity contribution < 1.29 is 4.79 Å². The van der Waals surface area contributed by atoms with E-state index in [0.717, 1.165) is 35.3 Å². The van der Waals surface area contributed by atoms with E-state index in [4.69, 9.17) is 0 Å². The van der Waals surface area contributed by atoms with Crippen LogP contribution in [0.4, 0.5) is 0 Å². The zero-order chi connectivity index (χ0) is 20.1. The van der Waals surface area contributed by atoms with Crippen LogP contribution in [0.5, 0.6) is 0 Å². The van der Waals surface area contributed by atoms with Crippen molar-refractivity contribution in [2.75, 3.05) is 0 Å². The first-order chi connectivity index (χ1) is 14.2. The van der Waals surface area contributed by atoms with Gasteiger partial charge in [0.25, 0.3) is 0 Å². The Balaban J connectivity index is 1.47. The molecule has 0 aliphatic carbocycles. The summed E-state index contributed by atoms with van der Waals surface area (Å²) in [6.45, 7) is 2.68. The van der Waals surface area contributed by atoms with E-state index in [0.29, 0.717) is 13.0 Å². The number of amides is 1. The molecule has 4 nitrogen and oxygen atoms in total. The van der Waals surface area contributed by atoms with Crippen molar-refractivity contribution >= 4 is 16.8 Å². The van der Waals surface area contributed by atoms with Crippen LogP contribution in [0.3, 0.4) is 0 Å². The predicted octanol–water partition coefficient (Wildman–Crippen LogP) is 5.18. The van der Waals surface area contributed by atoms with E-state index in [1.165, 1.54) is 16.5 Å². The van der Waals surface area contributed by atoms with Crippen molar-refractivity contribution in [2.45, 2.75) is 32.7 Å². The maximum absolute atomic E-state index is 12.3. The summed E-state index contributed by atoms with van der Waals surface area (Å²) in [6.07, 6.45) is 3.94. The Morgan fingerprint density at radius 2 is 1.86 bits per heavy atom. The number of H-pyrrole nitrogens is 1. The van der Waals surface area contributed by atoms with Gasteiger partial charge in [0.2, 0.25) is 5.91 Å². The van der Waals surface area contributed by atoms with Crippen molar-refractivity contribution in [3.05, 3.63) is 89.6 Å². The summed E-state index contributed by atoms with van der Waals surface area (Å²) in [6, 6.07) is 22.4. The Morgan fingerprint density at radius 1 is 1.03 bits per heavy atom. The van der Waals surface area contributed by atoms with Gasteiger partial charge in [-0.25, -0.2) is 0 Å². The number of hydrogen-bond acceptors (Lipinski definition) is 2. The summed E-state index contributed by atoms with van der Waals surface area (Å²) < 4.78 is 0. The number of aromatic nitrogens is 2. The van der Waals surface area contributed by atoms with Crippen LogP contribution in [-0.4, -0.2) is 15.9 Å². The van der Waals surface area contributed by atoms with Crippen LogP contribution in [0.2, 0.25) is 0 Å². The fourth-order valence-electron chi connectivity index (χ4n) is 3.66. The van der Waals surface area contributed by atoms with Crippen molar-refractivity contribution in [1.29, 1.82) is 0 Å². The van der Waals surface area contributed by atoms with Crippen LogP contribution >= 0.6 is 0 Å². The van der Waals surface area contributed by atoms with Crippen LogP contribution in [0.25, 0.3) is 22.3 Å². The van der Waals surface area contributed by atoms with Crippen molar-refractivity contribution in [3.63, 3.8) is 0 Å². The Kier molecular flexibility index (Phi) is 5.71. The van der Waals surface area contributed by atoms with Gasteiger partial charge in [0, 0.05) is 30.1 Å². The highest BCUT2D eigenvalue weighted by Crippen LogP contribution is 2.31. The Hall–Kier alpha value is -3.40. The molecule has 0 fully saturated rings. The second kappa shape index (κ2) is 8.74. The maximum atomic E-state index is 12.3. The van der Waals surface area contributed by atoms with Crippen LogP contribution in [-0.2, 0) is 17.8 Å². The van der Waals surface area contributed by atoms with Crippen LogP contribution in [0, 0.1) is 6.92 Å². The highest BCUT2D eigenvalue weighted by Gasteiger charge is 2.14. The van der Waals surface area contributed by atoms with Gasteiger partial charge in [-0.05, 0) is 55.2 Å². The van der Waals surface area contributed by atoms with Gasteiger partial charge in [0.1, 0.15) is 0 Å². The molecule has 0 saturated heterocycles. The number of benzene rings is 2. The van der Waals surface area contributed by atoms with E-state index in [-0.39, 0.29) is 5.91 Å². The lowest BCUT2D eigenvalue weighted by molar-refractivity contribution is -0.121. The third-order valence-corrected chi connectivity index (χ3v) is 5.15. The van der Waals surface area contributed by atoms with E-state index in [1.54, 1.807) is 0 Å². The maximum Gasteiger partial charge on any atom is 0.220 e. The number of fused-ring (bicyclic) bond motifs is 1. The first-order valence-electron chi connectivity index (χ1n) is 10.0. The zero-order valence-corrected chi connectivity index (χ0v) is 16.6. The smallest absolute Gasteiger partial charge is 0.220 e. The normalized spacial score (nSPS) is 10.9. The molecule has 4 heteroatoms. The molecule has 1 amide bonds. The summed E-state index contributed by atoms with van der Waals surface area (Å²) in [7, 11) is 0. The predicted molar refractivity (Wildman–Crippen MR) is 117 cm³/mol. The average Bonchev–Trinajstić information content (AvgIpc) is 3.11. The number of aryl methyl sites for hydroxylation is 2. The lowest BCUT2D eigenvalue weighted by Crippen LogP contribution is -2.22. The van der Waals surface area contributed by atoms with E-state index in [9.17, 15) is 4.79 Å². The molecule has 2 N–H and O–H groups in total. The van der Waals surface area contributed by atoms with Crippen molar-refractivity contribution in [3.8, 4) is 11.4 Å². The van der Waals surface area contributed by atoms with E-state index in [1.807, 2.05) is 54.7 Å². The summed E-state index contributed by atoms with van der Waals surface area (Å²) in [5, 5.41) is 4.23. The zero-order valence-electron chi connectivity index (χ0n) is 16.6. The number of nitrogens with zero attached hydrogens (tertiary/aromatic N) is 1. The number of carbonyl (C=O) groups is 1. The summed E-state index contributed by atoms with van der Waals surface area (Å²) in [5.74, 6) is 0.0873. The number of rotatable bonds is 7. The van der Waals surface area contributed by atoms with E-state index in [2.05, 4.69) is 40.4 Å². The molecule has 4 rings (SSSR count). The van der Waals surface area contributed by atoms with Crippen LogP contribution in [0.15, 0.2) is 72.9 Å². The fraction of sp³-hybridized carbons (Fsp3) is 0.200. The van der Waals surface area contributed by atoms with Gasteiger partial charge in [-0.3, -0.25) is 9.78 Å². The molecular formula is C25H25N3O. The molecule has 29 heavy (non-hydrogen) atoms. The average molecular weight is 383 g/mol. The van der Waals surface area contributed by atoms with E-state index < -0.39 is 0 Å². The number of hydrogen-bond donors (Lipinski definition) is 2. The second-order valence-electron chi connectivity index (χ2n) is 7.36. The molecule has 0 bridgehead atoms. The monoisotopic (exact) mass is 383 g/mol. The third kappa shape index (κ3) is 4.54. The van der Waals surface area contributed by atoms with Crippen LogP contribution in [0.1, 0.15) is 29.5 Å². The summed E-state index contributed by atoms with van der Waals surface area (Å²) in [4.78, 5) is 20.3. The first kappa shape index (κ1) is 18.9. The molecule has 4 aromatic rings. The molecular weight excluding hydrogens is 358 g/mol. The SMILES string of the molecule is Cc1ccc2[nH]c(-c3ccccn3)c(CCCC(=O)NCc3ccccc3)c2c1. The quantitative estimate of drug-likeness (QED) is 0.462. The molecule has 2 aromatic carbocycles. The van der Waals surface area contributed by atoms with Gasteiger partial charge in [0.05, 0.1) is 11.4 Å². The largest absolute Gasteiger partial charge is 0.353 e. The molecule has 0 aliphatic rings. The number of pyridine rings is 1. The minimum absolute atomic E-state index is 0.0873. The summed E-state index contributed by atoms with van der Waals surface area (Å²) >= 11 is 0. The molecule has 146 valence electrons. The van der Waals surface area contributed by atoms with Gasteiger partial charge >= 0.3 is 0 Å². The van der Waals surface area contributed by atoms with Gasteiger partial charge in [-0.15, -0.1) is 0 Å². The lowest BCUT2D eigenvalue weighted by Gasteiger charge is -2.07. The van der Waals surface area contributed by atoms with Crippen molar-refractivity contribution in [2.24, 2.45) is 0 Å². The molecule has 0 aliphatic heterocycles. The third-order valence-electron chi connectivity index (χ3n) is 5.15. The minimum Gasteiger partial charge on any atom is -0.353 e. The topological polar surface area (TPSA) is 57.8 Å². The summed E-state index contributed by atoms with van der Waals surface area (Å²) in [5.41, 5.74) is 6.68. The highest BCUT2D eigenvalue weighted by atomic mass is 16.1. The molecule has 2 heterocycles. The number of nitrogens with one attached hydrogen (secondary N) is 2. The molecule has 0 spiro atoms. The van der Waals surface area contributed by atoms with Crippen molar-refractivity contribution in [1.82, 2.24) is 15.3 Å². The Labute approximate surface area is 171 Å². The Bertz CT molecular complexity index is 1100. The lowest BCUT2D eigenvalue weighted by atomic mass is 10.0. The van der Waals surface area contributed by atoms with Gasteiger partial charge in [0.15, 0.2) is 0 Å². The number of aromatic amines is 1. The molecule has 0 radical (unpaired) electrons. The second-order valence-corrected chi connectivity index (χ2v) is 7.36. The Morgan fingerprint density at radius 3 is 2.66 bits per heavy atom. The minimum atomic E-state index is 0.0873. The highest BCUT2D eigenvalue weighted by molar-refractivity contribution is 5.90. The molecule has 0 unspecified atom stereocenters. The van der Waals surface area contributed by atoms with Gasteiger partial charge in [-0.2, -0.15) is 0 Å². The van der Waals surface area contributed by atoms with Gasteiger partial charge < -0.3 is 10.3 Å². The molecule has 0 saturated carbocycles. The molecule has 2 aromatic heterocycles. The standard InChI is InChI=1S/C25H25N3O/c1-18-13-14-22-21(16-18)20(25(28-22)23-11-5-6-15-26-23)10-7-12-24(29)27-17-19-8-3-2-4-9-19/h2-6,8-9,11,13-16,28H,7,10,12,17H2,1H3,(H,27,29). The first-order valence-corrected chi connectivity index (χ1v) is 10.0. The number of carbonyl (C=O) groups excluding carboxylic acids is 1. The van der Waals surface area contributed by atoms with Gasteiger partial charge in [-0.1, -0.05) is 48.0 Å². The molecule has 0 atom stereocenters.